The minimum atomic E-state index is -3.70. The van der Waals surface area contributed by atoms with E-state index in [1.165, 1.54) is 0 Å². The number of benzene rings is 1. The molecule has 0 bridgehead atoms. The Labute approximate surface area is 89.9 Å². The van der Waals surface area contributed by atoms with E-state index in [4.69, 9.17) is 5.14 Å². The van der Waals surface area contributed by atoms with Gasteiger partial charge in [0.2, 0.25) is 0 Å². The number of nitrogens with one attached hydrogen (secondary N) is 2. The van der Waals surface area contributed by atoms with Gasteiger partial charge in [0.15, 0.2) is 0 Å². The van der Waals surface area contributed by atoms with E-state index in [0.29, 0.717) is 5.69 Å². The van der Waals surface area contributed by atoms with Crippen LogP contribution in [0, 0.1) is 0 Å². The molecule has 1 aromatic carbocycles. The van der Waals surface area contributed by atoms with Crippen molar-refractivity contribution in [1.82, 2.24) is 0 Å². The highest BCUT2D eigenvalue weighted by atomic mass is 32.2. The Morgan fingerprint density at radius 3 is 2.40 bits per heavy atom. The molecular formula is C9H15N3O2S. The van der Waals surface area contributed by atoms with Gasteiger partial charge in [-0.25, -0.2) is 5.14 Å². The molecule has 1 aromatic rings. The molecule has 0 aliphatic rings. The number of anilines is 2. The van der Waals surface area contributed by atoms with Crippen molar-refractivity contribution in [2.75, 3.05) is 10.0 Å². The SMILES string of the molecule is CC(C)Nc1cccc(NS(N)(=O)=O)c1. The van der Waals surface area contributed by atoms with Gasteiger partial charge in [-0.05, 0) is 32.0 Å². The highest BCUT2D eigenvalue weighted by Gasteiger charge is 2.02. The second-order valence-corrected chi connectivity index (χ2v) is 4.82. The van der Waals surface area contributed by atoms with Crippen LogP contribution in [-0.2, 0) is 10.2 Å². The molecule has 0 atom stereocenters. The standard InChI is InChI=1S/C9H15N3O2S/c1-7(2)11-8-4-3-5-9(6-8)12-15(10,13)14/h3-7,11-12H,1-2H3,(H2,10,13,14). The Morgan fingerprint density at radius 2 is 1.87 bits per heavy atom. The second-order valence-electron chi connectivity index (χ2n) is 3.53. The van der Waals surface area contributed by atoms with Crippen LogP contribution in [0.5, 0.6) is 0 Å². The summed E-state index contributed by atoms with van der Waals surface area (Å²) in [6, 6.07) is 7.21. The Balaban J connectivity index is 2.83. The molecule has 0 heterocycles. The first-order valence-corrected chi connectivity index (χ1v) is 6.08. The third-order valence-corrected chi connectivity index (χ3v) is 2.10. The van der Waals surface area contributed by atoms with Gasteiger partial charge in [0.1, 0.15) is 0 Å². The van der Waals surface area contributed by atoms with Crippen molar-refractivity contribution >= 4 is 21.6 Å². The van der Waals surface area contributed by atoms with Crippen LogP contribution in [-0.4, -0.2) is 14.5 Å². The lowest BCUT2D eigenvalue weighted by atomic mass is 10.2. The predicted octanol–water partition coefficient (Wildman–Crippen LogP) is 1.12. The normalized spacial score (nSPS) is 11.5. The molecule has 0 radical (unpaired) electrons. The van der Waals surface area contributed by atoms with E-state index in [0.717, 1.165) is 5.69 Å². The molecule has 5 nitrogen and oxygen atoms in total. The fourth-order valence-electron chi connectivity index (χ4n) is 1.17. The van der Waals surface area contributed by atoms with Crippen LogP contribution in [0.15, 0.2) is 24.3 Å². The maximum atomic E-state index is 10.8. The van der Waals surface area contributed by atoms with Crippen LogP contribution in [0.1, 0.15) is 13.8 Å². The molecule has 0 aliphatic carbocycles. The monoisotopic (exact) mass is 229 g/mol. The first-order valence-electron chi connectivity index (χ1n) is 4.54. The smallest absolute Gasteiger partial charge is 0.296 e. The zero-order chi connectivity index (χ0) is 11.5. The van der Waals surface area contributed by atoms with Crippen LogP contribution in [0.4, 0.5) is 11.4 Å². The van der Waals surface area contributed by atoms with Crippen molar-refractivity contribution in [3.8, 4) is 0 Å². The summed E-state index contributed by atoms with van der Waals surface area (Å²) < 4.78 is 23.8. The Bertz CT molecular complexity index is 429. The van der Waals surface area contributed by atoms with Crippen molar-refractivity contribution in [2.45, 2.75) is 19.9 Å². The Hall–Kier alpha value is -1.27. The third-order valence-electron chi connectivity index (χ3n) is 1.58. The number of rotatable bonds is 4. The van der Waals surface area contributed by atoms with Gasteiger partial charge >= 0.3 is 0 Å². The van der Waals surface area contributed by atoms with Gasteiger partial charge < -0.3 is 5.32 Å². The van der Waals surface area contributed by atoms with Gasteiger partial charge in [0.05, 0.1) is 5.69 Å². The lowest BCUT2D eigenvalue weighted by Crippen LogP contribution is -2.21. The number of hydrogen-bond donors (Lipinski definition) is 3. The largest absolute Gasteiger partial charge is 0.383 e. The summed E-state index contributed by atoms with van der Waals surface area (Å²) in [5, 5.41) is 8.01. The maximum absolute atomic E-state index is 10.8. The van der Waals surface area contributed by atoms with Crippen molar-refractivity contribution in [2.24, 2.45) is 5.14 Å². The minimum Gasteiger partial charge on any atom is -0.383 e. The average Bonchev–Trinajstić information content (AvgIpc) is 1.99. The van der Waals surface area contributed by atoms with Gasteiger partial charge in [0, 0.05) is 11.7 Å². The van der Waals surface area contributed by atoms with Crippen LogP contribution in [0.3, 0.4) is 0 Å². The van der Waals surface area contributed by atoms with Gasteiger partial charge in [-0.2, -0.15) is 8.42 Å². The van der Waals surface area contributed by atoms with Crippen LogP contribution in [0.2, 0.25) is 0 Å². The molecule has 1 rings (SSSR count). The molecular weight excluding hydrogens is 214 g/mol. The van der Waals surface area contributed by atoms with Crippen molar-refractivity contribution in [3.63, 3.8) is 0 Å². The number of hydrogen-bond acceptors (Lipinski definition) is 3. The molecule has 0 unspecified atom stereocenters. The summed E-state index contributed by atoms with van der Waals surface area (Å²) in [6.07, 6.45) is 0. The first kappa shape index (κ1) is 11.8. The fourth-order valence-corrected chi connectivity index (χ4v) is 1.63. The molecule has 0 aliphatic heterocycles. The number of nitrogens with two attached hydrogens (primary N) is 1. The fraction of sp³-hybridized carbons (Fsp3) is 0.333. The first-order chi connectivity index (χ1) is 6.87. The lowest BCUT2D eigenvalue weighted by molar-refractivity contribution is 0.603. The van der Waals surface area contributed by atoms with E-state index in [1.807, 2.05) is 19.9 Å². The van der Waals surface area contributed by atoms with Crippen LogP contribution >= 0.6 is 0 Å². The molecule has 15 heavy (non-hydrogen) atoms. The highest BCUT2D eigenvalue weighted by Crippen LogP contribution is 2.16. The van der Waals surface area contributed by atoms with Gasteiger partial charge in [-0.15, -0.1) is 0 Å². The molecule has 0 saturated carbocycles. The van der Waals surface area contributed by atoms with Crippen LogP contribution in [0.25, 0.3) is 0 Å². The summed E-state index contributed by atoms with van der Waals surface area (Å²) >= 11 is 0. The summed E-state index contributed by atoms with van der Waals surface area (Å²) in [5.74, 6) is 0. The molecule has 4 N–H and O–H groups in total. The molecule has 84 valence electrons. The Morgan fingerprint density at radius 1 is 1.27 bits per heavy atom. The van der Waals surface area contributed by atoms with Gasteiger partial charge in [-0.3, -0.25) is 4.72 Å². The predicted molar refractivity (Wildman–Crippen MR) is 61.9 cm³/mol. The summed E-state index contributed by atoms with van der Waals surface area (Å²) in [7, 11) is -3.70. The van der Waals surface area contributed by atoms with E-state index in [1.54, 1.807) is 18.2 Å². The van der Waals surface area contributed by atoms with Gasteiger partial charge in [0.25, 0.3) is 10.2 Å². The van der Waals surface area contributed by atoms with Crippen LogP contribution < -0.4 is 15.2 Å². The van der Waals surface area contributed by atoms with E-state index < -0.39 is 10.2 Å². The molecule has 0 amide bonds. The van der Waals surface area contributed by atoms with Crippen molar-refractivity contribution in [1.29, 1.82) is 0 Å². The highest BCUT2D eigenvalue weighted by molar-refractivity contribution is 7.90. The molecule has 0 spiro atoms. The zero-order valence-corrected chi connectivity index (χ0v) is 9.51. The Kier molecular flexibility index (Phi) is 3.54. The maximum Gasteiger partial charge on any atom is 0.296 e. The van der Waals surface area contributed by atoms with Crippen molar-refractivity contribution < 1.29 is 8.42 Å². The van der Waals surface area contributed by atoms with E-state index in [9.17, 15) is 8.42 Å². The third kappa shape index (κ3) is 4.66. The summed E-state index contributed by atoms with van der Waals surface area (Å²) in [5.41, 5.74) is 1.29. The molecule has 0 saturated heterocycles. The molecule has 0 aromatic heterocycles. The van der Waals surface area contributed by atoms with E-state index >= 15 is 0 Å². The molecule has 6 heteroatoms. The quantitative estimate of drug-likeness (QED) is 0.723. The zero-order valence-electron chi connectivity index (χ0n) is 8.69. The van der Waals surface area contributed by atoms with E-state index in [-0.39, 0.29) is 6.04 Å². The molecule has 0 fully saturated rings. The topological polar surface area (TPSA) is 84.2 Å². The summed E-state index contributed by atoms with van der Waals surface area (Å²) in [4.78, 5) is 0. The van der Waals surface area contributed by atoms with E-state index in [2.05, 4.69) is 10.0 Å². The lowest BCUT2D eigenvalue weighted by Gasteiger charge is -2.11. The minimum absolute atomic E-state index is 0.287. The summed E-state index contributed by atoms with van der Waals surface area (Å²) in [6.45, 7) is 4.00. The van der Waals surface area contributed by atoms with Gasteiger partial charge in [-0.1, -0.05) is 6.07 Å². The second kappa shape index (κ2) is 4.50. The van der Waals surface area contributed by atoms with Crippen molar-refractivity contribution in [3.05, 3.63) is 24.3 Å². The average molecular weight is 229 g/mol.